The molecule has 0 saturated heterocycles. The van der Waals surface area contributed by atoms with E-state index in [-0.39, 0.29) is 17.4 Å². The number of nitrogens with zero attached hydrogens (tertiary/aromatic N) is 4. The number of carbonyl (C=O) groups excluding carboxylic acids is 1. The fourth-order valence-corrected chi connectivity index (χ4v) is 3.81. The molecular formula is C22H25N5O4S. The summed E-state index contributed by atoms with van der Waals surface area (Å²) in [6.07, 6.45) is 0. The van der Waals surface area contributed by atoms with Crippen LogP contribution in [0.4, 0.5) is 0 Å². The Morgan fingerprint density at radius 1 is 1.16 bits per heavy atom. The normalized spacial score (nSPS) is 11.3. The van der Waals surface area contributed by atoms with Crippen LogP contribution in [-0.2, 0) is 11.3 Å². The molecule has 0 fully saturated rings. The Labute approximate surface area is 190 Å². The number of ether oxygens (including phenoxy) is 2. The van der Waals surface area contributed by atoms with Gasteiger partial charge in [0.25, 0.3) is 5.91 Å². The second-order valence-corrected chi connectivity index (χ2v) is 7.60. The summed E-state index contributed by atoms with van der Waals surface area (Å²) in [5, 5.41) is 23.1. The monoisotopic (exact) mass is 455 g/mol. The number of amides is 1. The van der Waals surface area contributed by atoms with Crippen molar-refractivity contribution in [1.29, 1.82) is 0 Å². The van der Waals surface area contributed by atoms with Crippen molar-refractivity contribution in [2.24, 2.45) is 5.10 Å². The molecule has 10 heteroatoms. The number of hydrazone groups is 1. The lowest BCUT2D eigenvalue weighted by molar-refractivity contribution is -0.118. The average molecular weight is 456 g/mol. The van der Waals surface area contributed by atoms with Crippen LogP contribution in [0.5, 0.6) is 17.2 Å². The molecule has 0 aliphatic rings. The lowest BCUT2D eigenvalue weighted by Gasteiger charge is -2.11. The summed E-state index contributed by atoms with van der Waals surface area (Å²) in [4.78, 5) is 12.3. The topological polar surface area (TPSA) is 111 Å². The Bertz CT molecular complexity index is 1130. The summed E-state index contributed by atoms with van der Waals surface area (Å²) in [6, 6.07) is 12.4. The fourth-order valence-electron chi connectivity index (χ4n) is 3.02. The van der Waals surface area contributed by atoms with E-state index in [4.69, 9.17) is 9.47 Å². The molecule has 0 bridgehead atoms. The first-order valence-electron chi connectivity index (χ1n) is 9.88. The average Bonchev–Trinajstić information content (AvgIpc) is 3.23. The number of aromatic nitrogens is 3. The van der Waals surface area contributed by atoms with Crippen LogP contribution in [0.3, 0.4) is 0 Å². The fraction of sp³-hybridized carbons (Fsp3) is 0.273. The van der Waals surface area contributed by atoms with Gasteiger partial charge in [0.15, 0.2) is 22.5 Å². The zero-order valence-corrected chi connectivity index (χ0v) is 19.1. The highest BCUT2D eigenvalue weighted by molar-refractivity contribution is 7.99. The second-order valence-electron chi connectivity index (χ2n) is 6.66. The van der Waals surface area contributed by atoms with Gasteiger partial charge in [0.05, 0.1) is 25.7 Å². The summed E-state index contributed by atoms with van der Waals surface area (Å²) in [7, 11) is 3.16. The van der Waals surface area contributed by atoms with Crippen molar-refractivity contribution in [2.75, 3.05) is 20.0 Å². The first-order valence-corrected chi connectivity index (χ1v) is 10.9. The SMILES string of the molecule is CCn1c(SCC(=O)N/N=C(/C)c2ccccc2O)nnc1-c1ccc(OC)c(OC)c1. The van der Waals surface area contributed by atoms with Crippen LogP contribution >= 0.6 is 11.8 Å². The molecule has 0 unspecified atom stereocenters. The molecule has 0 saturated carbocycles. The minimum absolute atomic E-state index is 0.108. The van der Waals surface area contributed by atoms with Gasteiger partial charge in [0.1, 0.15) is 5.75 Å². The largest absolute Gasteiger partial charge is 0.507 e. The minimum Gasteiger partial charge on any atom is -0.507 e. The molecule has 0 aliphatic carbocycles. The summed E-state index contributed by atoms with van der Waals surface area (Å²) in [5.74, 6) is 1.83. The van der Waals surface area contributed by atoms with Crippen molar-refractivity contribution in [2.45, 2.75) is 25.5 Å². The highest BCUT2D eigenvalue weighted by atomic mass is 32.2. The number of thioether (sulfide) groups is 1. The molecule has 2 aromatic carbocycles. The molecule has 1 aromatic heterocycles. The number of methoxy groups -OCH3 is 2. The van der Waals surface area contributed by atoms with Crippen LogP contribution in [0.1, 0.15) is 19.4 Å². The maximum atomic E-state index is 12.3. The molecule has 0 aliphatic heterocycles. The summed E-state index contributed by atoms with van der Waals surface area (Å²) in [5.41, 5.74) is 4.41. The smallest absolute Gasteiger partial charge is 0.250 e. The number of aromatic hydroxyl groups is 1. The molecule has 3 rings (SSSR count). The summed E-state index contributed by atoms with van der Waals surface area (Å²) in [6.45, 7) is 4.33. The maximum Gasteiger partial charge on any atom is 0.250 e. The first-order chi connectivity index (χ1) is 15.5. The summed E-state index contributed by atoms with van der Waals surface area (Å²) < 4.78 is 12.6. The number of benzene rings is 2. The van der Waals surface area contributed by atoms with E-state index >= 15 is 0 Å². The third kappa shape index (κ3) is 5.20. The number of hydrogen-bond donors (Lipinski definition) is 2. The zero-order valence-electron chi connectivity index (χ0n) is 18.3. The van der Waals surface area contributed by atoms with E-state index < -0.39 is 0 Å². The van der Waals surface area contributed by atoms with Crippen molar-refractivity contribution in [3.05, 3.63) is 48.0 Å². The standard InChI is InChI=1S/C22H25N5O4S/c1-5-27-21(15-10-11-18(30-3)19(12-15)31-4)25-26-22(27)32-13-20(29)24-23-14(2)16-8-6-7-9-17(16)28/h6-12,28H,5,13H2,1-4H3,(H,24,29)/b23-14-. The quantitative estimate of drug-likeness (QED) is 0.289. The van der Waals surface area contributed by atoms with Gasteiger partial charge in [-0.3, -0.25) is 4.79 Å². The molecule has 9 nitrogen and oxygen atoms in total. The third-order valence-electron chi connectivity index (χ3n) is 4.65. The number of hydrogen-bond acceptors (Lipinski definition) is 8. The second kappa shape index (κ2) is 10.7. The van der Waals surface area contributed by atoms with Crippen LogP contribution in [-0.4, -0.2) is 51.5 Å². The lowest BCUT2D eigenvalue weighted by atomic mass is 10.1. The Morgan fingerprint density at radius 2 is 1.91 bits per heavy atom. The highest BCUT2D eigenvalue weighted by Crippen LogP contribution is 2.32. The van der Waals surface area contributed by atoms with E-state index in [0.717, 1.165) is 5.56 Å². The number of phenols is 1. The molecule has 0 radical (unpaired) electrons. The highest BCUT2D eigenvalue weighted by Gasteiger charge is 2.16. The number of carbonyl (C=O) groups is 1. The lowest BCUT2D eigenvalue weighted by Crippen LogP contribution is -2.21. The number of rotatable bonds is 9. The van der Waals surface area contributed by atoms with Gasteiger partial charge >= 0.3 is 0 Å². The Kier molecular flexibility index (Phi) is 7.72. The van der Waals surface area contributed by atoms with Crippen LogP contribution in [0, 0.1) is 0 Å². The Hall–Kier alpha value is -3.53. The van der Waals surface area contributed by atoms with Gasteiger partial charge in [-0.25, -0.2) is 5.43 Å². The van der Waals surface area contributed by atoms with Gasteiger partial charge in [0.2, 0.25) is 0 Å². The van der Waals surface area contributed by atoms with Gasteiger partial charge in [-0.2, -0.15) is 5.10 Å². The van der Waals surface area contributed by atoms with Crippen molar-refractivity contribution < 1.29 is 19.4 Å². The zero-order chi connectivity index (χ0) is 23.1. The van der Waals surface area contributed by atoms with Gasteiger partial charge < -0.3 is 19.1 Å². The maximum absolute atomic E-state index is 12.3. The third-order valence-corrected chi connectivity index (χ3v) is 5.62. The molecule has 0 atom stereocenters. The number of phenolic OH excluding ortho intramolecular Hbond substituents is 1. The Balaban J connectivity index is 1.69. The van der Waals surface area contributed by atoms with E-state index in [1.807, 2.05) is 29.7 Å². The van der Waals surface area contributed by atoms with Crippen molar-refractivity contribution in [3.63, 3.8) is 0 Å². The predicted octanol–water partition coefficient (Wildman–Crippen LogP) is 3.32. The van der Waals surface area contributed by atoms with E-state index in [2.05, 4.69) is 20.7 Å². The summed E-state index contributed by atoms with van der Waals surface area (Å²) >= 11 is 1.27. The minimum atomic E-state index is -0.289. The number of nitrogens with one attached hydrogen (secondary N) is 1. The molecule has 32 heavy (non-hydrogen) atoms. The molecule has 168 valence electrons. The van der Waals surface area contributed by atoms with Crippen LogP contribution in [0.25, 0.3) is 11.4 Å². The van der Waals surface area contributed by atoms with E-state index in [1.54, 1.807) is 45.4 Å². The molecule has 1 amide bonds. The van der Waals surface area contributed by atoms with Crippen molar-refractivity contribution in [3.8, 4) is 28.6 Å². The Morgan fingerprint density at radius 3 is 2.59 bits per heavy atom. The van der Waals surface area contributed by atoms with Crippen molar-refractivity contribution in [1.82, 2.24) is 20.2 Å². The molecule has 1 heterocycles. The molecule has 3 aromatic rings. The molecule has 2 N–H and O–H groups in total. The van der Waals surface area contributed by atoms with E-state index in [9.17, 15) is 9.90 Å². The van der Waals surface area contributed by atoms with E-state index in [0.29, 0.717) is 40.3 Å². The van der Waals surface area contributed by atoms with Gasteiger partial charge in [-0.15, -0.1) is 10.2 Å². The van der Waals surface area contributed by atoms with Gasteiger partial charge in [-0.1, -0.05) is 23.9 Å². The van der Waals surface area contributed by atoms with Gasteiger partial charge in [0, 0.05) is 17.7 Å². The van der Waals surface area contributed by atoms with Crippen LogP contribution in [0.2, 0.25) is 0 Å². The number of para-hydroxylation sites is 1. The van der Waals surface area contributed by atoms with Crippen LogP contribution in [0.15, 0.2) is 52.7 Å². The van der Waals surface area contributed by atoms with Crippen LogP contribution < -0.4 is 14.9 Å². The van der Waals surface area contributed by atoms with E-state index in [1.165, 1.54) is 11.8 Å². The predicted molar refractivity (Wildman–Crippen MR) is 123 cm³/mol. The van der Waals surface area contributed by atoms with Gasteiger partial charge in [-0.05, 0) is 44.2 Å². The molecular weight excluding hydrogens is 430 g/mol. The first kappa shape index (κ1) is 23.1. The van der Waals surface area contributed by atoms with Crippen molar-refractivity contribution >= 4 is 23.4 Å². The molecule has 0 spiro atoms.